The molecule has 0 fully saturated rings. The molecule has 3 aromatic heterocycles. The van der Waals surface area contributed by atoms with Crippen LogP contribution in [0.25, 0.3) is 16.7 Å². The molecule has 0 aliphatic rings. The smallest absolute Gasteiger partial charge is 0.294 e. The Morgan fingerprint density at radius 3 is 2.85 bits per heavy atom. The zero-order valence-corrected chi connectivity index (χ0v) is 14.4. The first-order chi connectivity index (χ1) is 12.7. The fraction of sp³-hybridized carbons (Fsp3) is 0.118. The molecule has 3 heterocycles. The van der Waals surface area contributed by atoms with Crippen molar-refractivity contribution in [3.63, 3.8) is 0 Å². The van der Waals surface area contributed by atoms with Crippen molar-refractivity contribution >= 4 is 34.3 Å². The lowest BCUT2D eigenvalue weighted by Gasteiger charge is -2.05. The predicted octanol–water partition coefficient (Wildman–Crippen LogP) is 1.37. The second-order valence-corrected chi connectivity index (χ2v) is 6.44. The minimum Gasteiger partial charge on any atom is -0.350 e. The molecule has 4 rings (SSSR count). The van der Waals surface area contributed by atoms with E-state index in [1.165, 1.54) is 11.8 Å². The van der Waals surface area contributed by atoms with Gasteiger partial charge in [0.25, 0.3) is 5.56 Å². The minimum absolute atomic E-state index is 0.147. The van der Waals surface area contributed by atoms with Gasteiger partial charge in [0, 0.05) is 6.20 Å². The topological polar surface area (TPSA) is 105 Å². The highest BCUT2D eigenvalue weighted by Crippen LogP contribution is 2.20. The van der Waals surface area contributed by atoms with Crippen LogP contribution in [0.15, 0.2) is 58.6 Å². The highest BCUT2D eigenvalue weighted by Gasteiger charge is 2.14. The molecule has 0 aliphatic carbocycles. The van der Waals surface area contributed by atoms with Crippen molar-refractivity contribution in [2.75, 3.05) is 5.75 Å². The normalized spacial score (nSPS) is 11.1. The molecule has 9 heteroatoms. The van der Waals surface area contributed by atoms with Crippen LogP contribution in [-0.2, 0) is 11.3 Å². The highest BCUT2D eigenvalue weighted by molar-refractivity contribution is 7.99. The maximum Gasteiger partial charge on any atom is 0.294 e. The predicted molar refractivity (Wildman–Crippen MR) is 97.9 cm³/mol. The van der Waals surface area contributed by atoms with Gasteiger partial charge in [-0.2, -0.15) is 0 Å². The van der Waals surface area contributed by atoms with E-state index in [-0.39, 0.29) is 22.9 Å². The molecule has 0 radical (unpaired) electrons. The number of carbonyl (C=O) groups is 1. The van der Waals surface area contributed by atoms with E-state index in [0.717, 1.165) is 11.2 Å². The Morgan fingerprint density at radius 2 is 2.00 bits per heavy atom. The van der Waals surface area contributed by atoms with Crippen LogP contribution in [0.3, 0.4) is 0 Å². The Labute approximate surface area is 151 Å². The van der Waals surface area contributed by atoms with E-state index < -0.39 is 0 Å². The van der Waals surface area contributed by atoms with Crippen molar-refractivity contribution in [2.24, 2.45) is 0 Å². The molecule has 0 bridgehead atoms. The van der Waals surface area contributed by atoms with Crippen LogP contribution in [-0.4, -0.2) is 36.2 Å². The molecular weight excluding hydrogens is 352 g/mol. The molecule has 0 saturated heterocycles. The number of thioether (sulfide) groups is 1. The Bertz CT molecular complexity index is 1140. The van der Waals surface area contributed by atoms with Gasteiger partial charge in [0.15, 0.2) is 5.16 Å². The number of para-hydroxylation sites is 2. The number of hydrogen-bond donors (Lipinski definition) is 2. The van der Waals surface area contributed by atoms with Gasteiger partial charge in [-0.1, -0.05) is 30.0 Å². The molecule has 8 nitrogen and oxygen atoms in total. The van der Waals surface area contributed by atoms with E-state index in [1.54, 1.807) is 10.6 Å². The monoisotopic (exact) mass is 366 g/mol. The summed E-state index contributed by atoms with van der Waals surface area (Å²) in [7, 11) is 0. The van der Waals surface area contributed by atoms with Gasteiger partial charge in [-0.3, -0.25) is 19.0 Å². The van der Waals surface area contributed by atoms with E-state index in [4.69, 9.17) is 0 Å². The summed E-state index contributed by atoms with van der Waals surface area (Å²) >= 11 is 1.23. The Kier molecular flexibility index (Phi) is 4.36. The second kappa shape index (κ2) is 6.96. The quantitative estimate of drug-likeness (QED) is 0.517. The van der Waals surface area contributed by atoms with Crippen molar-refractivity contribution in [3.05, 3.63) is 64.7 Å². The number of rotatable bonds is 5. The molecular formula is C17H14N6O2S. The number of fused-ring (bicyclic) bond motifs is 3. The molecule has 4 aromatic rings. The summed E-state index contributed by atoms with van der Waals surface area (Å²) in [4.78, 5) is 31.2. The van der Waals surface area contributed by atoms with Gasteiger partial charge in [0.2, 0.25) is 11.6 Å². The van der Waals surface area contributed by atoms with Crippen molar-refractivity contribution in [1.29, 1.82) is 0 Å². The van der Waals surface area contributed by atoms with E-state index in [2.05, 4.69) is 25.5 Å². The molecule has 0 saturated carbocycles. The SMILES string of the molecule is O=C(CSc1nnc2c(=O)[nH]c3ccccc3n12)NCc1ccccn1. The maximum atomic E-state index is 12.1. The lowest BCUT2D eigenvalue weighted by Crippen LogP contribution is -2.25. The Hall–Kier alpha value is -3.20. The zero-order valence-electron chi connectivity index (χ0n) is 13.5. The number of nitrogens with zero attached hydrogens (tertiary/aromatic N) is 4. The number of aromatic amines is 1. The average Bonchev–Trinajstić information content (AvgIpc) is 3.11. The minimum atomic E-state index is -0.317. The van der Waals surface area contributed by atoms with Crippen LogP contribution < -0.4 is 10.9 Å². The van der Waals surface area contributed by atoms with Gasteiger partial charge in [0.05, 0.1) is 29.0 Å². The van der Waals surface area contributed by atoms with Crippen molar-refractivity contribution < 1.29 is 4.79 Å². The number of benzene rings is 1. The summed E-state index contributed by atoms with van der Waals surface area (Å²) in [6.07, 6.45) is 1.68. The van der Waals surface area contributed by atoms with Gasteiger partial charge in [-0.05, 0) is 24.3 Å². The molecule has 0 spiro atoms. The number of hydrogen-bond acceptors (Lipinski definition) is 6. The first-order valence-corrected chi connectivity index (χ1v) is 8.86. The van der Waals surface area contributed by atoms with E-state index in [0.29, 0.717) is 17.2 Å². The number of pyridine rings is 1. The molecule has 26 heavy (non-hydrogen) atoms. The standard InChI is InChI=1S/C17H14N6O2S/c24-14(19-9-11-5-3-4-8-18-11)10-26-17-22-21-15-16(25)20-12-6-1-2-7-13(12)23(15)17/h1-8H,9-10H2,(H,19,24)(H,20,25). The third-order valence-electron chi connectivity index (χ3n) is 3.75. The summed E-state index contributed by atoms with van der Waals surface area (Å²) < 4.78 is 1.67. The largest absolute Gasteiger partial charge is 0.350 e. The van der Waals surface area contributed by atoms with E-state index in [1.807, 2.05) is 42.5 Å². The van der Waals surface area contributed by atoms with Crippen molar-refractivity contribution in [3.8, 4) is 0 Å². The summed E-state index contributed by atoms with van der Waals surface area (Å²) in [5.41, 5.74) is 2.15. The van der Waals surface area contributed by atoms with Crippen LogP contribution in [0.4, 0.5) is 0 Å². The van der Waals surface area contributed by atoms with Crippen molar-refractivity contribution in [2.45, 2.75) is 11.7 Å². The molecule has 0 aliphatic heterocycles. The molecule has 2 N–H and O–H groups in total. The first-order valence-electron chi connectivity index (χ1n) is 7.88. The summed E-state index contributed by atoms with van der Waals surface area (Å²) in [5.74, 6) is 0.0147. The van der Waals surface area contributed by atoms with Crippen molar-refractivity contribution in [1.82, 2.24) is 29.9 Å². The lowest BCUT2D eigenvalue weighted by atomic mass is 10.3. The zero-order chi connectivity index (χ0) is 17.9. The van der Waals surface area contributed by atoms with Crippen LogP contribution in [0.2, 0.25) is 0 Å². The Balaban J connectivity index is 1.52. The third kappa shape index (κ3) is 3.16. The van der Waals surface area contributed by atoms with Gasteiger partial charge < -0.3 is 10.3 Å². The summed E-state index contributed by atoms with van der Waals surface area (Å²) in [6.45, 7) is 0.364. The molecule has 0 unspecified atom stereocenters. The number of nitrogens with one attached hydrogen (secondary N) is 2. The molecule has 0 atom stereocenters. The van der Waals surface area contributed by atoms with E-state index in [9.17, 15) is 9.59 Å². The maximum absolute atomic E-state index is 12.1. The van der Waals surface area contributed by atoms with Crippen LogP contribution in [0.5, 0.6) is 0 Å². The highest BCUT2D eigenvalue weighted by atomic mass is 32.2. The fourth-order valence-corrected chi connectivity index (χ4v) is 3.33. The lowest BCUT2D eigenvalue weighted by molar-refractivity contribution is -0.118. The molecule has 130 valence electrons. The van der Waals surface area contributed by atoms with Gasteiger partial charge in [-0.25, -0.2) is 0 Å². The number of H-pyrrole nitrogens is 1. The number of carbonyl (C=O) groups excluding carboxylic acids is 1. The average molecular weight is 366 g/mol. The van der Waals surface area contributed by atoms with Gasteiger partial charge in [-0.15, -0.1) is 10.2 Å². The molecule has 1 aromatic carbocycles. The molecule has 1 amide bonds. The summed E-state index contributed by atoms with van der Waals surface area (Å²) in [6, 6.07) is 12.9. The number of amides is 1. The Morgan fingerprint density at radius 1 is 1.15 bits per heavy atom. The summed E-state index contributed by atoms with van der Waals surface area (Å²) in [5, 5.41) is 11.3. The fourth-order valence-electron chi connectivity index (χ4n) is 2.55. The van der Waals surface area contributed by atoms with Gasteiger partial charge in [0.1, 0.15) is 0 Å². The van der Waals surface area contributed by atoms with Crippen LogP contribution in [0, 0.1) is 0 Å². The van der Waals surface area contributed by atoms with Gasteiger partial charge >= 0.3 is 0 Å². The first kappa shape index (κ1) is 16.3. The number of aromatic nitrogens is 5. The van der Waals surface area contributed by atoms with E-state index >= 15 is 0 Å². The van der Waals surface area contributed by atoms with Crippen LogP contribution >= 0.6 is 11.8 Å². The third-order valence-corrected chi connectivity index (χ3v) is 4.68. The van der Waals surface area contributed by atoms with Crippen LogP contribution in [0.1, 0.15) is 5.69 Å². The second-order valence-electron chi connectivity index (χ2n) is 5.50.